The average molecular weight is 208 g/mol. The lowest BCUT2D eigenvalue weighted by atomic mass is 10.0. The Bertz CT molecular complexity index is 224. The van der Waals surface area contributed by atoms with E-state index in [1.54, 1.807) is 0 Å². The Morgan fingerprint density at radius 1 is 1.07 bits per heavy atom. The summed E-state index contributed by atoms with van der Waals surface area (Å²) in [5, 5.41) is 8.90. The Morgan fingerprint density at radius 2 is 1.67 bits per heavy atom. The minimum atomic E-state index is 0.599. The highest BCUT2D eigenvalue weighted by Crippen LogP contribution is 2.27. The molecular weight excluding hydrogens is 188 g/mol. The summed E-state index contributed by atoms with van der Waals surface area (Å²) in [6.07, 6.45) is 7.49. The third kappa shape index (κ3) is 2.70. The van der Waals surface area contributed by atoms with Gasteiger partial charge in [0.05, 0.1) is 12.6 Å². The topological polar surface area (TPSA) is 36.3 Å². The summed E-state index contributed by atoms with van der Waals surface area (Å²) in [6, 6.07) is 3.60. The van der Waals surface area contributed by atoms with E-state index in [4.69, 9.17) is 10.00 Å². The molecule has 0 N–H and O–H groups in total. The zero-order valence-corrected chi connectivity index (χ0v) is 9.32. The first-order valence-electron chi connectivity index (χ1n) is 6.12. The first kappa shape index (κ1) is 10.9. The molecule has 15 heavy (non-hydrogen) atoms. The first-order chi connectivity index (χ1) is 7.42. The minimum absolute atomic E-state index is 0.599. The summed E-state index contributed by atoms with van der Waals surface area (Å²) in [6.45, 7) is 2.36. The van der Waals surface area contributed by atoms with Crippen molar-refractivity contribution in [3.8, 4) is 6.07 Å². The maximum atomic E-state index is 8.90. The van der Waals surface area contributed by atoms with Crippen LogP contribution in [0.25, 0.3) is 0 Å². The molecule has 0 atom stereocenters. The van der Waals surface area contributed by atoms with Crippen molar-refractivity contribution < 1.29 is 4.74 Å². The normalized spacial score (nSPS) is 24.5. The molecule has 3 heteroatoms. The first-order valence-corrected chi connectivity index (χ1v) is 6.12. The highest BCUT2D eigenvalue weighted by molar-refractivity contribution is 4.89. The Hall–Kier alpha value is -0.590. The lowest BCUT2D eigenvalue weighted by molar-refractivity contribution is 0.0236. The van der Waals surface area contributed by atoms with Crippen molar-refractivity contribution in [1.82, 2.24) is 4.90 Å². The molecule has 1 aliphatic carbocycles. The van der Waals surface area contributed by atoms with Crippen molar-refractivity contribution in [3.63, 3.8) is 0 Å². The van der Waals surface area contributed by atoms with Crippen LogP contribution in [0, 0.1) is 11.3 Å². The molecule has 0 aromatic carbocycles. The van der Waals surface area contributed by atoms with Gasteiger partial charge in [-0.05, 0) is 25.7 Å². The van der Waals surface area contributed by atoms with Gasteiger partial charge < -0.3 is 4.74 Å². The van der Waals surface area contributed by atoms with Gasteiger partial charge >= 0.3 is 0 Å². The Balaban J connectivity index is 1.94. The molecule has 2 fully saturated rings. The van der Waals surface area contributed by atoms with Gasteiger partial charge in [0.25, 0.3) is 0 Å². The van der Waals surface area contributed by atoms with Crippen molar-refractivity contribution in [2.75, 3.05) is 19.8 Å². The molecule has 1 aliphatic heterocycles. The van der Waals surface area contributed by atoms with Crippen LogP contribution < -0.4 is 0 Å². The summed E-state index contributed by atoms with van der Waals surface area (Å²) >= 11 is 0. The van der Waals surface area contributed by atoms with Gasteiger partial charge in [-0.2, -0.15) is 5.26 Å². The minimum Gasteiger partial charge on any atom is -0.381 e. The molecule has 0 radical (unpaired) electrons. The fraction of sp³-hybridized carbons (Fsp3) is 0.917. The molecule has 0 aromatic heterocycles. The second kappa shape index (κ2) is 5.48. The van der Waals surface area contributed by atoms with Crippen LogP contribution in [0.4, 0.5) is 0 Å². The van der Waals surface area contributed by atoms with E-state index in [1.165, 1.54) is 25.7 Å². The number of ether oxygens (including phenoxy) is 1. The fourth-order valence-corrected chi connectivity index (χ4v) is 2.89. The zero-order chi connectivity index (χ0) is 10.5. The van der Waals surface area contributed by atoms with E-state index in [1.807, 2.05) is 0 Å². The van der Waals surface area contributed by atoms with Gasteiger partial charge in [0.1, 0.15) is 0 Å². The van der Waals surface area contributed by atoms with Gasteiger partial charge in [-0.25, -0.2) is 0 Å². The van der Waals surface area contributed by atoms with Crippen molar-refractivity contribution in [3.05, 3.63) is 0 Å². The van der Waals surface area contributed by atoms with Gasteiger partial charge in [0.15, 0.2) is 0 Å². The SMILES string of the molecule is N#CCN(C1CCCC1)C1CCOCC1. The quantitative estimate of drug-likeness (QED) is 0.665. The molecule has 0 bridgehead atoms. The second-order valence-corrected chi connectivity index (χ2v) is 4.61. The largest absolute Gasteiger partial charge is 0.381 e. The molecule has 1 saturated carbocycles. The van der Waals surface area contributed by atoms with Gasteiger partial charge in [-0.3, -0.25) is 4.90 Å². The van der Waals surface area contributed by atoms with Crippen LogP contribution in [-0.2, 0) is 4.74 Å². The van der Waals surface area contributed by atoms with E-state index < -0.39 is 0 Å². The Morgan fingerprint density at radius 3 is 2.27 bits per heavy atom. The zero-order valence-electron chi connectivity index (χ0n) is 9.32. The van der Waals surface area contributed by atoms with Gasteiger partial charge in [0, 0.05) is 25.3 Å². The van der Waals surface area contributed by atoms with Gasteiger partial charge in [-0.15, -0.1) is 0 Å². The molecule has 2 aliphatic rings. The molecule has 3 nitrogen and oxygen atoms in total. The average Bonchev–Trinajstić information content (AvgIpc) is 2.80. The third-order valence-electron chi connectivity index (χ3n) is 3.71. The summed E-state index contributed by atoms with van der Waals surface area (Å²) in [4.78, 5) is 2.44. The maximum absolute atomic E-state index is 8.90. The molecular formula is C12H20N2O. The number of rotatable bonds is 3. The summed E-state index contributed by atoms with van der Waals surface area (Å²) in [5.74, 6) is 0. The van der Waals surface area contributed by atoms with Crippen molar-refractivity contribution in [1.29, 1.82) is 5.26 Å². The monoisotopic (exact) mass is 208 g/mol. The van der Waals surface area contributed by atoms with Crippen LogP contribution in [0.3, 0.4) is 0 Å². The smallest absolute Gasteiger partial charge is 0.0870 e. The molecule has 2 rings (SSSR count). The molecule has 1 saturated heterocycles. The summed E-state index contributed by atoms with van der Waals surface area (Å²) < 4.78 is 5.38. The number of hydrogen-bond acceptors (Lipinski definition) is 3. The van der Waals surface area contributed by atoms with E-state index in [0.717, 1.165) is 26.1 Å². The molecule has 84 valence electrons. The second-order valence-electron chi connectivity index (χ2n) is 4.61. The van der Waals surface area contributed by atoms with Crippen molar-refractivity contribution >= 4 is 0 Å². The Labute approximate surface area is 92.0 Å². The van der Waals surface area contributed by atoms with E-state index in [2.05, 4.69) is 11.0 Å². The van der Waals surface area contributed by atoms with Crippen LogP contribution in [0.15, 0.2) is 0 Å². The van der Waals surface area contributed by atoms with Crippen LogP contribution in [0.1, 0.15) is 38.5 Å². The highest BCUT2D eigenvalue weighted by Gasteiger charge is 2.29. The summed E-state index contributed by atoms with van der Waals surface area (Å²) in [7, 11) is 0. The maximum Gasteiger partial charge on any atom is 0.0870 e. The van der Waals surface area contributed by atoms with Gasteiger partial charge in [-0.1, -0.05) is 12.8 Å². The number of nitriles is 1. The summed E-state index contributed by atoms with van der Waals surface area (Å²) in [5.41, 5.74) is 0. The lowest BCUT2D eigenvalue weighted by Crippen LogP contribution is -2.45. The van der Waals surface area contributed by atoms with E-state index in [0.29, 0.717) is 18.6 Å². The molecule has 1 heterocycles. The molecule has 0 amide bonds. The van der Waals surface area contributed by atoms with E-state index >= 15 is 0 Å². The standard InChI is InChI=1S/C12H20N2O/c13-7-8-14(11-3-1-2-4-11)12-5-9-15-10-6-12/h11-12H,1-6,8-10H2. The van der Waals surface area contributed by atoms with Crippen molar-refractivity contribution in [2.24, 2.45) is 0 Å². The van der Waals surface area contributed by atoms with E-state index in [9.17, 15) is 0 Å². The van der Waals surface area contributed by atoms with Crippen LogP contribution in [-0.4, -0.2) is 36.7 Å². The molecule has 0 unspecified atom stereocenters. The fourth-order valence-electron chi connectivity index (χ4n) is 2.89. The van der Waals surface area contributed by atoms with Crippen molar-refractivity contribution in [2.45, 2.75) is 50.6 Å². The predicted octanol–water partition coefficient (Wildman–Crippen LogP) is 1.93. The lowest BCUT2D eigenvalue weighted by Gasteiger charge is -2.36. The van der Waals surface area contributed by atoms with Crippen LogP contribution >= 0.6 is 0 Å². The number of nitrogens with zero attached hydrogens (tertiary/aromatic N) is 2. The Kier molecular flexibility index (Phi) is 3.99. The highest BCUT2D eigenvalue weighted by atomic mass is 16.5. The van der Waals surface area contributed by atoms with E-state index in [-0.39, 0.29) is 0 Å². The van der Waals surface area contributed by atoms with Crippen LogP contribution in [0.2, 0.25) is 0 Å². The number of hydrogen-bond donors (Lipinski definition) is 0. The van der Waals surface area contributed by atoms with Crippen LogP contribution in [0.5, 0.6) is 0 Å². The van der Waals surface area contributed by atoms with Gasteiger partial charge in [0.2, 0.25) is 0 Å². The molecule has 0 aromatic rings. The predicted molar refractivity (Wildman–Crippen MR) is 58.4 cm³/mol. The molecule has 0 spiro atoms. The third-order valence-corrected chi connectivity index (χ3v) is 3.71.